The van der Waals surface area contributed by atoms with Gasteiger partial charge >= 0.3 is 5.97 Å². The molecule has 0 atom stereocenters. The van der Waals surface area contributed by atoms with E-state index in [1.807, 2.05) is 0 Å². The van der Waals surface area contributed by atoms with Crippen molar-refractivity contribution >= 4 is 17.7 Å². The van der Waals surface area contributed by atoms with E-state index in [0.717, 1.165) is 0 Å². The third-order valence-corrected chi connectivity index (χ3v) is 3.64. The summed E-state index contributed by atoms with van der Waals surface area (Å²) in [7, 11) is 0. The Hall–Kier alpha value is -3.09. The van der Waals surface area contributed by atoms with Crippen LogP contribution in [0, 0.1) is 13.8 Å². The van der Waals surface area contributed by atoms with E-state index in [4.69, 9.17) is 15.2 Å². The van der Waals surface area contributed by atoms with Gasteiger partial charge in [0.25, 0.3) is 0 Å². The summed E-state index contributed by atoms with van der Waals surface area (Å²) < 4.78 is 10.5. The summed E-state index contributed by atoms with van der Waals surface area (Å²) in [6, 6.07) is 6.12. The number of Topliss-reactive ketones (excluding diaryl/α,β-unsaturated/α-hetero) is 1. The van der Waals surface area contributed by atoms with E-state index in [2.05, 4.69) is 4.98 Å². The second-order valence-electron chi connectivity index (χ2n) is 5.45. The first kappa shape index (κ1) is 18.3. The van der Waals surface area contributed by atoms with E-state index in [1.54, 1.807) is 32.9 Å². The first-order valence-corrected chi connectivity index (χ1v) is 7.77. The second-order valence-corrected chi connectivity index (χ2v) is 5.45. The fourth-order valence-electron chi connectivity index (χ4n) is 2.52. The lowest BCUT2D eigenvalue weighted by Crippen LogP contribution is -2.17. The summed E-state index contributed by atoms with van der Waals surface area (Å²) in [5, 5.41) is 0. The van der Waals surface area contributed by atoms with Gasteiger partial charge in [-0.2, -0.15) is 0 Å². The summed E-state index contributed by atoms with van der Waals surface area (Å²) in [5.74, 6) is -1.01. The monoisotopic (exact) mass is 344 g/mol. The van der Waals surface area contributed by atoms with Gasteiger partial charge in [0.05, 0.1) is 17.7 Å². The number of ether oxygens (including phenoxy) is 2. The number of esters is 1. The number of aromatic nitrogens is 1. The first-order valence-electron chi connectivity index (χ1n) is 7.77. The lowest BCUT2D eigenvalue weighted by Gasteiger charge is -2.08. The molecule has 0 aliphatic carbocycles. The summed E-state index contributed by atoms with van der Waals surface area (Å²) in [4.78, 5) is 38.7. The van der Waals surface area contributed by atoms with Gasteiger partial charge in [0, 0.05) is 17.0 Å². The highest BCUT2D eigenvalue weighted by molar-refractivity contribution is 6.08. The number of amides is 1. The van der Waals surface area contributed by atoms with Gasteiger partial charge < -0.3 is 20.2 Å². The van der Waals surface area contributed by atoms with Gasteiger partial charge in [0.1, 0.15) is 5.75 Å². The number of aryl methyl sites for hydroxylation is 2. The zero-order valence-electron chi connectivity index (χ0n) is 14.3. The van der Waals surface area contributed by atoms with E-state index < -0.39 is 11.9 Å². The van der Waals surface area contributed by atoms with Crippen molar-refractivity contribution in [2.75, 3.05) is 13.2 Å². The van der Waals surface area contributed by atoms with Crippen LogP contribution in [-0.4, -0.2) is 35.9 Å². The molecule has 7 nitrogen and oxygen atoms in total. The first-order chi connectivity index (χ1) is 11.8. The van der Waals surface area contributed by atoms with Crippen LogP contribution in [0.25, 0.3) is 0 Å². The molecule has 25 heavy (non-hydrogen) atoms. The Labute approximate surface area is 145 Å². The maximum Gasteiger partial charge on any atom is 0.340 e. The Balaban J connectivity index is 2.15. The van der Waals surface area contributed by atoms with Gasteiger partial charge in [-0.25, -0.2) is 4.79 Å². The van der Waals surface area contributed by atoms with Crippen LogP contribution in [0.3, 0.4) is 0 Å². The fraction of sp³-hybridized carbons (Fsp3) is 0.278. The van der Waals surface area contributed by atoms with Crippen molar-refractivity contribution in [3.8, 4) is 5.75 Å². The highest BCUT2D eigenvalue weighted by Crippen LogP contribution is 2.21. The summed E-state index contributed by atoms with van der Waals surface area (Å²) >= 11 is 0. The molecule has 0 saturated heterocycles. The van der Waals surface area contributed by atoms with Gasteiger partial charge in [-0.1, -0.05) is 0 Å². The molecule has 0 aliphatic rings. The molecule has 1 amide bonds. The van der Waals surface area contributed by atoms with Crippen molar-refractivity contribution in [3.63, 3.8) is 0 Å². The van der Waals surface area contributed by atoms with E-state index in [1.165, 1.54) is 12.1 Å². The van der Waals surface area contributed by atoms with Crippen molar-refractivity contribution in [3.05, 3.63) is 52.3 Å². The predicted molar refractivity (Wildman–Crippen MR) is 91.0 cm³/mol. The van der Waals surface area contributed by atoms with E-state index in [-0.39, 0.29) is 30.1 Å². The molecule has 2 aromatic rings. The molecule has 0 aliphatic heterocycles. The van der Waals surface area contributed by atoms with Crippen molar-refractivity contribution in [1.82, 2.24) is 4.98 Å². The van der Waals surface area contributed by atoms with Crippen LogP contribution in [0.5, 0.6) is 5.75 Å². The van der Waals surface area contributed by atoms with Crippen molar-refractivity contribution in [2.45, 2.75) is 20.8 Å². The Morgan fingerprint density at radius 1 is 1.04 bits per heavy atom. The standard InChI is InChI=1S/C18H20N2O5/c1-4-24-18(23)16-11(3)20-10(2)15(16)14(21)9-25-13-7-5-12(6-8-13)17(19)22/h5-8,20H,4,9H2,1-3H3,(H2,19,22). The molecule has 1 aromatic heterocycles. The van der Waals surface area contributed by atoms with Gasteiger partial charge in [0.15, 0.2) is 6.61 Å². The van der Waals surface area contributed by atoms with Gasteiger partial charge in [-0.15, -0.1) is 0 Å². The number of carbonyl (C=O) groups excluding carboxylic acids is 3. The normalized spacial score (nSPS) is 10.4. The van der Waals surface area contributed by atoms with Crippen LogP contribution in [0.15, 0.2) is 24.3 Å². The number of nitrogens with one attached hydrogen (secondary N) is 1. The molecule has 7 heteroatoms. The van der Waals surface area contributed by atoms with E-state index in [9.17, 15) is 14.4 Å². The average Bonchev–Trinajstić information content (AvgIpc) is 2.87. The Morgan fingerprint density at radius 3 is 2.20 bits per heavy atom. The third kappa shape index (κ3) is 4.06. The minimum atomic E-state index is -0.543. The number of benzene rings is 1. The lowest BCUT2D eigenvalue weighted by molar-refractivity contribution is 0.0522. The van der Waals surface area contributed by atoms with Crippen molar-refractivity contribution in [2.24, 2.45) is 5.73 Å². The zero-order chi connectivity index (χ0) is 18.6. The molecule has 0 unspecified atom stereocenters. The summed E-state index contributed by atoms with van der Waals surface area (Å²) in [6.45, 7) is 5.09. The second kappa shape index (κ2) is 7.65. The largest absolute Gasteiger partial charge is 0.485 e. The molecule has 1 aromatic carbocycles. The maximum absolute atomic E-state index is 12.5. The van der Waals surface area contributed by atoms with Crippen LogP contribution in [0.4, 0.5) is 0 Å². The number of carbonyl (C=O) groups is 3. The number of nitrogens with two attached hydrogens (primary N) is 1. The number of ketones is 1. The molecule has 0 radical (unpaired) electrons. The van der Waals surface area contributed by atoms with Crippen LogP contribution in [-0.2, 0) is 4.74 Å². The molecule has 0 spiro atoms. The molecular formula is C18H20N2O5. The SMILES string of the molecule is CCOC(=O)c1c(C)[nH]c(C)c1C(=O)COc1ccc(C(N)=O)cc1. The molecule has 2 rings (SSSR count). The van der Waals surface area contributed by atoms with E-state index in [0.29, 0.717) is 22.7 Å². The topological polar surface area (TPSA) is 111 Å². The minimum Gasteiger partial charge on any atom is -0.485 e. The average molecular weight is 344 g/mol. The van der Waals surface area contributed by atoms with Gasteiger partial charge in [-0.05, 0) is 45.0 Å². The van der Waals surface area contributed by atoms with Gasteiger partial charge in [-0.3, -0.25) is 9.59 Å². The van der Waals surface area contributed by atoms with Crippen LogP contribution < -0.4 is 10.5 Å². The molecule has 0 bridgehead atoms. The minimum absolute atomic E-state index is 0.221. The molecule has 132 valence electrons. The number of aromatic amines is 1. The zero-order valence-corrected chi connectivity index (χ0v) is 14.3. The highest BCUT2D eigenvalue weighted by atomic mass is 16.5. The lowest BCUT2D eigenvalue weighted by atomic mass is 10.1. The smallest absolute Gasteiger partial charge is 0.340 e. The fourth-order valence-corrected chi connectivity index (χ4v) is 2.52. The van der Waals surface area contributed by atoms with E-state index >= 15 is 0 Å². The summed E-state index contributed by atoms with van der Waals surface area (Å²) in [6.07, 6.45) is 0. The van der Waals surface area contributed by atoms with Crippen molar-refractivity contribution < 1.29 is 23.9 Å². The predicted octanol–water partition coefficient (Wildman–Crippen LogP) is 2.17. The number of rotatable bonds is 7. The number of primary amides is 1. The maximum atomic E-state index is 12.5. The Kier molecular flexibility index (Phi) is 5.59. The third-order valence-electron chi connectivity index (χ3n) is 3.64. The van der Waals surface area contributed by atoms with Crippen LogP contribution >= 0.6 is 0 Å². The molecule has 3 N–H and O–H groups in total. The molecule has 0 saturated carbocycles. The number of H-pyrrole nitrogens is 1. The van der Waals surface area contributed by atoms with Crippen molar-refractivity contribution in [1.29, 1.82) is 0 Å². The van der Waals surface area contributed by atoms with Crippen LogP contribution in [0.2, 0.25) is 0 Å². The molecule has 1 heterocycles. The Bertz CT molecular complexity index is 806. The highest BCUT2D eigenvalue weighted by Gasteiger charge is 2.25. The number of hydrogen-bond acceptors (Lipinski definition) is 5. The Morgan fingerprint density at radius 2 is 1.64 bits per heavy atom. The summed E-state index contributed by atoms with van der Waals surface area (Å²) in [5.41, 5.74) is 7.17. The number of hydrogen-bond donors (Lipinski definition) is 2. The van der Waals surface area contributed by atoms with Crippen LogP contribution in [0.1, 0.15) is 49.4 Å². The molecular weight excluding hydrogens is 324 g/mol. The molecule has 0 fully saturated rings. The quantitative estimate of drug-likeness (QED) is 0.590. The van der Waals surface area contributed by atoms with Gasteiger partial charge in [0.2, 0.25) is 11.7 Å².